The van der Waals surface area contributed by atoms with Crippen molar-refractivity contribution >= 4 is 11.8 Å². The van der Waals surface area contributed by atoms with Crippen LogP contribution in [0, 0.1) is 5.92 Å². The van der Waals surface area contributed by atoms with E-state index in [0.717, 1.165) is 45.1 Å². The van der Waals surface area contributed by atoms with Crippen molar-refractivity contribution in [1.29, 1.82) is 0 Å². The Labute approximate surface area is 115 Å². The van der Waals surface area contributed by atoms with E-state index in [-0.39, 0.29) is 23.9 Å². The Hall–Kier alpha value is -0.900. The molecule has 4 heteroatoms. The number of imide groups is 1. The van der Waals surface area contributed by atoms with Gasteiger partial charge in [0.1, 0.15) is 0 Å². The number of hydrogen-bond acceptors (Lipinski definition) is 3. The van der Waals surface area contributed by atoms with Crippen LogP contribution in [0.15, 0.2) is 0 Å². The Morgan fingerprint density at radius 1 is 1.26 bits per heavy atom. The minimum Gasteiger partial charge on any atom is -0.305 e. The van der Waals surface area contributed by atoms with E-state index in [1.165, 1.54) is 0 Å². The molecule has 1 saturated heterocycles. The average Bonchev–Trinajstić information content (AvgIpc) is 2.94. The third-order valence-corrected chi connectivity index (χ3v) is 4.22. The zero-order valence-corrected chi connectivity index (χ0v) is 12.2. The van der Waals surface area contributed by atoms with Gasteiger partial charge in [-0.3, -0.25) is 14.5 Å². The van der Waals surface area contributed by atoms with Gasteiger partial charge in [0.25, 0.3) is 0 Å². The Kier molecular flexibility index (Phi) is 4.97. The van der Waals surface area contributed by atoms with Crippen LogP contribution < -0.4 is 5.32 Å². The molecule has 1 atom stereocenters. The monoisotopic (exact) mass is 266 g/mol. The van der Waals surface area contributed by atoms with Gasteiger partial charge in [-0.05, 0) is 38.1 Å². The standard InChI is InChI=1S/C15H26N2O2/c1-11(2)6-5-9-16-13-10-14(18)17(15(13)19)12-7-3-4-8-12/h11-13,16H,3-10H2,1-2H3. The molecular formula is C15H26N2O2. The lowest BCUT2D eigenvalue weighted by Gasteiger charge is -2.22. The van der Waals surface area contributed by atoms with E-state index in [9.17, 15) is 9.59 Å². The summed E-state index contributed by atoms with van der Waals surface area (Å²) in [4.78, 5) is 25.8. The van der Waals surface area contributed by atoms with Crippen LogP contribution in [0.25, 0.3) is 0 Å². The highest BCUT2D eigenvalue weighted by molar-refractivity contribution is 6.05. The number of amides is 2. The normalized spacial score (nSPS) is 25.0. The van der Waals surface area contributed by atoms with E-state index in [4.69, 9.17) is 0 Å². The first kappa shape index (κ1) is 14.5. The zero-order valence-electron chi connectivity index (χ0n) is 12.2. The topological polar surface area (TPSA) is 49.4 Å². The molecule has 0 bridgehead atoms. The maximum Gasteiger partial charge on any atom is 0.247 e. The Balaban J connectivity index is 1.80. The molecule has 1 heterocycles. The van der Waals surface area contributed by atoms with Gasteiger partial charge >= 0.3 is 0 Å². The number of nitrogens with one attached hydrogen (secondary N) is 1. The van der Waals surface area contributed by atoms with Gasteiger partial charge in [0.2, 0.25) is 11.8 Å². The Morgan fingerprint density at radius 3 is 2.58 bits per heavy atom. The average molecular weight is 266 g/mol. The molecule has 0 aromatic rings. The second-order valence-electron chi connectivity index (χ2n) is 6.29. The summed E-state index contributed by atoms with van der Waals surface area (Å²) in [5.41, 5.74) is 0. The molecule has 2 aliphatic rings. The molecule has 1 saturated carbocycles. The molecule has 0 aromatic heterocycles. The van der Waals surface area contributed by atoms with Gasteiger partial charge < -0.3 is 5.32 Å². The molecule has 1 N–H and O–H groups in total. The first-order valence-electron chi connectivity index (χ1n) is 7.69. The van der Waals surface area contributed by atoms with E-state index in [0.29, 0.717) is 12.3 Å². The molecule has 4 nitrogen and oxygen atoms in total. The molecule has 0 aromatic carbocycles. The minimum atomic E-state index is -0.264. The lowest BCUT2D eigenvalue weighted by Crippen LogP contribution is -2.43. The first-order chi connectivity index (χ1) is 9.09. The fourth-order valence-electron chi connectivity index (χ4n) is 3.14. The number of likely N-dealkylation sites (tertiary alicyclic amines) is 1. The summed E-state index contributed by atoms with van der Waals surface area (Å²) in [5, 5.41) is 3.26. The molecule has 1 aliphatic carbocycles. The molecule has 2 rings (SSSR count). The van der Waals surface area contributed by atoms with E-state index in [1.807, 2.05) is 0 Å². The highest BCUT2D eigenvalue weighted by Crippen LogP contribution is 2.28. The number of carbonyl (C=O) groups excluding carboxylic acids is 2. The van der Waals surface area contributed by atoms with Crippen molar-refractivity contribution in [3.63, 3.8) is 0 Å². The van der Waals surface area contributed by atoms with Crippen LogP contribution in [0.4, 0.5) is 0 Å². The molecule has 2 amide bonds. The van der Waals surface area contributed by atoms with Crippen molar-refractivity contribution in [2.45, 2.75) is 70.9 Å². The van der Waals surface area contributed by atoms with Crippen LogP contribution in [-0.2, 0) is 9.59 Å². The van der Waals surface area contributed by atoms with Crippen LogP contribution in [0.3, 0.4) is 0 Å². The van der Waals surface area contributed by atoms with Gasteiger partial charge in [-0.15, -0.1) is 0 Å². The second-order valence-corrected chi connectivity index (χ2v) is 6.29. The van der Waals surface area contributed by atoms with E-state index >= 15 is 0 Å². The van der Waals surface area contributed by atoms with Gasteiger partial charge in [0.05, 0.1) is 12.5 Å². The molecule has 19 heavy (non-hydrogen) atoms. The Morgan fingerprint density at radius 2 is 1.95 bits per heavy atom. The largest absolute Gasteiger partial charge is 0.305 e. The maximum atomic E-state index is 12.3. The summed E-state index contributed by atoms with van der Waals surface area (Å²) >= 11 is 0. The van der Waals surface area contributed by atoms with Crippen LogP contribution in [0.2, 0.25) is 0 Å². The van der Waals surface area contributed by atoms with Crippen molar-refractivity contribution in [2.24, 2.45) is 5.92 Å². The predicted molar refractivity (Wildman–Crippen MR) is 74.6 cm³/mol. The summed E-state index contributed by atoms with van der Waals surface area (Å²) in [5.74, 6) is 0.734. The highest BCUT2D eigenvalue weighted by atomic mass is 16.2. The summed E-state index contributed by atoms with van der Waals surface area (Å²) in [6.07, 6.45) is 6.88. The van der Waals surface area contributed by atoms with Crippen LogP contribution >= 0.6 is 0 Å². The number of hydrogen-bond donors (Lipinski definition) is 1. The number of carbonyl (C=O) groups is 2. The maximum absolute atomic E-state index is 12.3. The lowest BCUT2D eigenvalue weighted by atomic mass is 10.1. The molecule has 1 aliphatic heterocycles. The molecule has 0 spiro atoms. The van der Waals surface area contributed by atoms with Crippen LogP contribution in [0.1, 0.15) is 58.8 Å². The van der Waals surface area contributed by atoms with E-state index in [1.54, 1.807) is 4.90 Å². The molecule has 108 valence electrons. The quantitative estimate of drug-likeness (QED) is 0.591. The van der Waals surface area contributed by atoms with Crippen molar-refractivity contribution in [3.8, 4) is 0 Å². The highest BCUT2D eigenvalue weighted by Gasteiger charge is 2.42. The minimum absolute atomic E-state index is 0.0152. The number of rotatable bonds is 6. The SMILES string of the molecule is CC(C)CCCNC1CC(=O)N(C2CCCC2)C1=O. The van der Waals surface area contributed by atoms with Gasteiger partial charge in [0, 0.05) is 6.04 Å². The summed E-state index contributed by atoms with van der Waals surface area (Å²) in [7, 11) is 0. The number of nitrogens with zero attached hydrogens (tertiary/aromatic N) is 1. The van der Waals surface area contributed by atoms with Crippen molar-refractivity contribution in [3.05, 3.63) is 0 Å². The zero-order chi connectivity index (χ0) is 13.8. The molecule has 0 radical (unpaired) electrons. The fraction of sp³-hybridized carbons (Fsp3) is 0.867. The third-order valence-electron chi connectivity index (χ3n) is 4.22. The first-order valence-corrected chi connectivity index (χ1v) is 7.69. The Bertz CT molecular complexity index is 335. The smallest absolute Gasteiger partial charge is 0.247 e. The summed E-state index contributed by atoms with van der Waals surface area (Å²) < 4.78 is 0. The lowest BCUT2D eigenvalue weighted by molar-refractivity contribution is -0.141. The van der Waals surface area contributed by atoms with E-state index in [2.05, 4.69) is 19.2 Å². The van der Waals surface area contributed by atoms with Crippen LogP contribution in [-0.4, -0.2) is 35.3 Å². The van der Waals surface area contributed by atoms with Gasteiger partial charge in [-0.25, -0.2) is 0 Å². The van der Waals surface area contributed by atoms with Crippen LogP contribution in [0.5, 0.6) is 0 Å². The predicted octanol–water partition coefficient (Wildman–Crippen LogP) is 2.08. The molecule has 2 fully saturated rings. The fourth-order valence-corrected chi connectivity index (χ4v) is 3.14. The third kappa shape index (κ3) is 3.56. The van der Waals surface area contributed by atoms with Gasteiger partial charge in [-0.1, -0.05) is 26.7 Å². The molecular weight excluding hydrogens is 240 g/mol. The van der Waals surface area contributed by atoms with Crippen molar-refractivity contribution in [1.82, 2.24) is 10.2 Å². The van der Waals surface area contributed by atoms with Gasteiger partial charge in [-0.2, -0.15) is 0 Å². The van der Waals surface area contributed by atoms with Crippen molar-refractivity contribution in [2.75, 3.05) is 6.54 Å². The summed E-state index contributed by atoms with van der Waals surface area (Å²) in [6.45, 7) is 5.23. The van der Waals surface area contributed by atoms with Crippen molar-refractivity contribution < 1.29 is 9.59 Å². The van der Waals surface area contributed by atoms with Gasteiger partial charge in [0.15, 0.2) is 0 Å². The van der Waals surface area contributed by atoms with E-state index < -0.39 is 0 Å². The molecule has 1 unspecified atom stereocenters. The second kappa shape index (κ2) is 6.51. The summed E-state index contributed by atoms with van der Waals surface area (Å²) in [6, 6.07) is -0.0808.